The minimum atomic E-state index is -0.470. The van der Waals surface area contributed by atoms with Crippen LogP contribution in [0.3, 0.4) is 0 Å². The first-order chi connectivity index (χ1) is 8.36. The molecule has 6 nitrogen and oxygen atoms in total. The average molecular weight is 254 g/mol. The van der Waals surface area contributed by atoms with Crippen molar-refractivity contribution < 1.29 is 0 Å². The number of rotatable bonds is 5. The molecule has 4 N–H and O–H groups in total. The Labute approximate surface area is 106 Å². The molecule has 0 aliphatic carbocycles. The van der Waals surface area contributed by atoms with Crippen molar-refractivity contribution in [1.82, 2.24) is 9.55 Å². The van der Waals surface area contributed by atoms with E-state index in [0.29, 0.717) is 12.5 Å². The molecule has 1 aromatic heterocycles. The smallest absolute Gasteiger partial charge is 0.330 e. The largest absolute Gasteiger partial charge is 0.383 e. The summed E-state index contributed by atoms with van der Waals surface area (Å²) in [6.45, 7) is 8.43. The molecule has 1 unspecified atom stereocenters. The quantitative estimate of drug-likeness (QED) is 0.730. The molecule has 0 aliphatic heterocycles. The maximum atomic E-state index is 11.7. The van der Waals surface area contributed by atoms with Crippen molar-refractivity contribution in [2.24, 2.45) is 5.92 Å². The van der Waals surface area contributed by atoms with Crippen molar-refractivity contribution in [1.29, 1.82) is 0 Å². The number of hydrogen-bond acceptors (Lipinski definition) is 4. The van der Waals surface area contributed by atoms with Gasteiger partial charge in [-0.1, -0.05) is 13.8 Å². The van der Waals surface area contributed by atoms with Crippen LogP contribution in [0.4, 0.5) is 11.5 Å². The molecule has 1 atom stereocenters. The third kappa shape index (κ3) is 3.15. The zero-order chi connectivity index (χ0) is 13.9. The second-order valence-electron chi connectivity index (χ2n) is 4.94. The van der Waals surface area contributed by atoms with Crippen LogP contribution < -0.4 is 22.3 Å². The highest BCUT2D eigenvalue weighted by Crippen LogP contribution is 2.14. The summed E-state index contributed by atoms with van der Waals surface area (Å²) in [7, 11) is 0. The lowest BCUT2D eigenvalue weighted by Gasteiger charge is -2.19. The molecule has 0 bridgehead atoms. The number of aromatic amines is 1. The van der Waals surface area contributed by atoms with E-state index < -0.39 is 11.2 Å². The Morgan fingerprint density at radius 2 is 1.94 bits per heavy atom. The van der Waals surface area contributed by atoms with Crippen molar-refractivity contribution >= 4 is 11.5 Å². The van der Waals surface area contributed by atoms with Gasteiger partial charge in [-0.05, 0) is 26.2 Å². The zero-order valence-electron chi connectivity index (χ0n) is 11.4. The Balaban J connectivity index is 3.10. The van der Waals surface area contributed by atoms with E-state index in [1.807, 2.05) is 6.92 Å². The first kappa shape index (κ1) is 14.3. The van der Waals surface area contributed by atoms with E-state index in [1.54, 1.807) is 6.92 Å². The Bertz CT molecular complexity index is 516. The standard InChI is InChI=1S/C12H22N4O2/c1-5-16-10(13)9(11(17)15-12(16)18)14-8(4)6-7(2)3/h7-8,14H,5-6,13H2,1-4H3,(H,15,17,18). The number of nitrogens with one attached hydrogen (secondary N) is 2. The van der Waals surface area contributed by atoms with Crippen LogP contribution in [0, 0.1) is 5.92 Å². The van der Waals surface area contributed by atoms with Gasteiger partial charge in [0, 0.05) is 12.6 Å². The van der Waals surface area contributed by atoms with Crippen LogP contribution >= 0.6 is 0 Å². The predicted octanol–water partition coefficient (Wildman–Crippen LogP) is 0.985. The van der Waals surface area contributed by atoms with Gasteiger partial charge in [0.25, 0.3) is 5.56 Å². The number of nitrogens with two attached hydrogens (primary N) is 1. The maximum absolute atomic E-state index is 11.7. The number of hydrogen-bond donors (Lipinski definition) is 3. The van der Waals surface area contributed by atoms with Gasteiger partial charge in [-0.3, -0.25) is 14.3 Å². The highest BCUT2D eigenvalue weighted by atomic mass is 16.2. The van der Waals surface area contributed by atoms with Crippen molar-refractivity contribution in [2.75, 3.05) is 11.1 Å². The van der Waals surface area contributed by atoms with E-state index >= 15 is 0 Å². The zero-order valence-corrected chi connectivity index (χ0v) is 11.4. The van der Waals surface area contributed by atoms with E-state index in [4.69, 9.17) is 5.73 Å². The first-order valence-corrected chi connectivity index (χ1v) is 6.25. The molecule has 1 heterocycles. The molecule has 0 saturated heterocycles. The molecule has 0 fully saturated rings. The van der Waals surface area contributed by atoms with Gasteiger partial charge in [0.05, 0.1) is 0 Å². The molecule has 0 aromatic carbocycles. The number of nitrogen functional groups attached to an aromatic ring is 1. The summed E-state index contributed by atoms with van der Waals surface area (Å²) in [5.74, 6) is 0.715. The minimum Gasteiger partial charge on any atom is -0.383 e. The van der Waals surface area contributed by atoms with Crippen LogP contribution in [0.2, 0.25) is 0 Å². The van der Waals surface area contributed by atoms with Gasteiger partial charge in [0.15, 0.2) is 0 Å². The van der Waals surface area contributed by atoms with E-state index in [0.717, 1.165) is 6.42 Å². The third-order valence-electron chi connectivity index (χ3n) is 2.77. The Morgan fingerprint density at radius 3 is 2.44 bits per heavy atom. The molecule has 1 rings (SSSR count). The van der Waals surface area contributed by atoms with Gasteiger partial charge in [0.1, 0.15) is 11.5 Å². The summed E-state index contributed by atoms with van der Waals surface area (Å²) in [6.07, 6.45) is 0.921. The van der Waals surface area contributed by atoms with Crippen LogP contribution in [0.5, 0.6) is 0 Å². The summed E-state index contributed by atoms with van der Waals surface area (Å²) >= 11 is 0. The lowest BCUT2D eigenvalue weighted by molar-refractivity contribution is 0.539. The van der Waals surface area contributed by atoms with Gasteiger partial charge in [-0.2, -0.15) is 0 Å². The molecular weight excluding hydrogens is 232 g/mol. The van der Waals surface area contributed by atoms with E-state index in [2.05, 4.69) is 24.1 Å². The third-order valence-corrected chi connectivity index (χ3v) is 2.77. The summed E-state index contributed by atoms with van der Waals surface area (Å²) in [4.78, 5) is 25.5. The SMILES string of the molecule is CCn1c(N)c(NC(C)CC(C)C)c(=O)[nH]c1=O. The van der Waals surface area contributed by atoms with E-state index in [1.165, 1.54) is 4.57 Å². The van der Waals surface area contributed by atoms with Crippen LogP contribution in [0.25, 0.3) is 0 Å². The fraction of sp³-hybridized carbons (Fsp3) is 0.667. The number of nitrogens with zero attached hydrogens (tertiary/aromatic N) is 1. The average Bonchev–Trinajstić information content (AvgIpc) is 2.23. The molecule has 0 aliphatic rings. The molecule has 0 saturated carbocycles. The molecule has 18 heavy (non-hydrogen) atoms. The second kappa shape index (κ2) is 5.75. The minimum absolute atomic E-state index is 0.121. The molecule has 102 valence electrons. The number of anilines is 2. The van der Waals surface area contributed by atoms with Gasteiger partial charge < -0.3 is 11.1 Å². The molecular formula is C12H22N4O2. The van der Waals surface area contributed by atoms with Crippen molar-refractivity contribution in [3.05, 3.63) is 20.8 Å². The number of H-pyrrole nitrogens is 1. The molecule has 0 amide bonds. The summed E-state index contributed by atoms with van der Waals surface area (Å²) < 4.78 is 1.34. The second-order valence-corrected chi connectivity index (χ2v) is 4.94. The van der Waals surface area contributed by atoms with E-state index in [9.17, 15) is 9.59 Å². The van der Waals surface area contributed by atoms with E-state index in [-0.39, 0.29) is 17.5 Å². The summed E-state index contributed by atoms with van der Waals surface area (Å²) in [5.41, 5.74) is 5.21. The summed E-state index contributed by atoms with van der Waals surface area (Å²) in [6, 6.07) is 0.121. The lowest BCUT2D eigenvalue weighted by Crippen LogP contribution is -2.35. The van der Waals surface area contributed by atoms with Gasteiger partial charge in [-0.15, -0.1) is 0 Å². The molecule has 6 heteroatoms. The highest BCUT2D eigenvalue weighted by Gasteiger charge is 2.14. The van der Waals surface area contributed by atoms with Crippen molar-refractivity contribution in [3.8, 4) is 0 Å². The summed E-state index contributed by atoms with van der Waals surface area (Å²) in [5, 5.41) is 3.08. The van der Waals surface area contributed by atoms with Crippen molar-refractivity contribution in [3.63, 3.8) is 0 Å². The highest BCUT2D eigenvalue weighted by molar-refractivity contribution is 5.60. The fourth-order valence-electron chi connectivity index (χ4n) is 2.05. The maximum Gasteiger partial charge on any atom is 0.330 e. The van der Waals surface area contributed by atoms with Crippen molar-refractivity contribution in [2.45, 2.75) is 46.7 Å². The normalized spacial score (nSPS) is 12.7. The fourth-order valence-corrected chi connectivity index (χ4v) is 2.05. The molecule has 0 spiro atoms. The Hall–Kier alpha value is -1.72. The first-order valence-electron chi connectivity index (χ1n) is 6.25. The molecule has 1 aromatic rings. The monoisotopic (exact) mass is 254 g/mol. The number of aromatic nitrogens is 2. The molecule has 0 radical (unpaired) electrons. The van der Waals surface area contributed by atoms with Crippen LogP contribution in [0.1, 0.15) is 34.1 Å². The predicted molar refractivity (Wildman–Crippen MR) is 73.9 cm³/mol. The van der Waals surface area contributed by atoms with Gasteiger partial charge in [-0.25, -0.2) is 4.79 Å². The van der Waals surface area contributed by atoms with Crippen LogP contribution in [0.15, 0.2) is 9.59 Å². The van der Waals surface area contributed by atoms with Crippen LogP contribution in [-0.2, 0) is 6.54 Å². The topological polar surface area (TPSA) is 92.9 Å². The Kier molecular flexibility index (Phi) is 4.58. The van der Waals surface area contributed by atoms with Crippen LogP contribution in [-0.4, -0.2) is 15.6 Å². The lowest BCUT2D eigenvalue weighted by atomic mass is 10.1. The van der Waals surface area contributed by atoms with Gasteiger partial charge >= 0.3 is 5.69 Å². The van der Waals surface area contributed by atoms with Gasteiger partial charge in [0.2, 0.25) is 0 Å². The Morgan fingerprint density at radius 1 is 1.33 bits per heavy atom.